The van der Waals surface area contributed by atoms with Gasteiger partial charge in [0.15, 0.2) is 11.5 Å². The molecule has 0 saturated heterocycles. The number of benzene rings is 1. The van der Waals surface area contributed by atoms with Crippen molar-refractivity contribution < 1.29 is 14.2 Å². The van der Waals surface area contributed by atoms with Crippen LogP contribution in [-0.2, 0) is 0 Å². The minimum absolute atomic E-state index is 0.203. The highest BCUT2D eigenvalue weighted by Crippen LogP contribution is 2.42. The lowest BCUT2D eigenvalue weighted by atomic mass is 9.90. The first kappa shape index (κ1) is 14.4. The molecular formula is C15H22O3S. The first-order chi connectivity index (χ1) is 9.24. The fourth-order valence-electron chi connectivity index (χ4n) is 2.66. The van der Waals surface area contributed by atoms with Crippen molar-refractivity contribution >= 4 is 12.6 Å². The number of para-hydroxylation sites is 1. The van der Waals surface area contributed by atoms with Crippen LogP contribution in [0, 0.1) is 5.41 Å². The maximum Gasteiger partial charge on any atom is 0.203 e. The number of hydrogen-bond donors (Lipinski definition) is 1. The molecule has 0 atom stereocenters. The molecule has 0 N–H and O–H groups in total. The molecule has 4 heteroatoms. The Morgan fingerprint density at radius 1 is 1.11 bits per heavy atom. The Bertz CT molecular complexity index is 392. The summed E-state index contributed by atoms with van der Waals surface area (Å²) in [5.74, 6) is 2.99. The number of hydrogen-bond acceptors (Lipinski definition) is 4. The highest BCUT2D eigenvalue weighted by atomic mass is 32.1. The molecule has 0 unspecified atom stereocenters. The summed E-state index contributed by atoms with van der Waals surface area (Å²) in [6, 6.07) is 5.67. The summed E-state index contributed by atoms with van der Waals surface area (Å²) in [7, 11) is 3.29. The van der Waals surface area contributed by atoms with Gasteiger partial charge in [0.2, 0.25) is 5.75 Å². The Hall–Kier alpha value is -1.03. The predicted octanol–water partition coefficient (Wildman–Crippen LogP) is 3.57. The number of methoxy groups -OCH3 is 2. The summed E-state index contributed by atoms with van der Waals surface area (Å²) in [4.78, 5) is 0. The summed E-state index contributed by atoms with van der Waals surface area (Å²) in [6.07, 6.45) is 4.92. The Balaban J connectivity index is 2.14. The summed E-state index contributed by atoms with van der Waals surface area (Å²) in [5, 5.41) is 0. The minimum Gasteiger partial charge on any atom is -0.493 e. The fourth-order valence-corrected chi connectivity index (χ4v) is 3.07. The van der Waals surface area contributed by atoms with Crippen LogP contribution in [0.1, 0.15) is 25.7 Å². The van der Waals surface area contributed by atoms with Crippen LogP contribution in [0.5, 0.6) is 17.2 Å². The maximum absolute atomic E-state index is 6.03. The lowest BCUT2D eigenvalue weighted by Gasteiger charge is -2.27. The van der Waals surface area contributed by atoms with Crippen LogP contribution in [0.4, 0.5) is 0 Å². The largest absolute Gasteiger partial charge is 0.493 e. The Labute approximate surface area is 120 Å². The first-order valence-electron chi connectivity index (χ1n) is 6.69. The van der Waals surface area contributed by atoms with Gasteiger partial charge in [-0.1, -0.05) is 18.9 Å². The van der Waals surface area contributed by atoms with E-state index in [9.17, 15) is 0 Å². The van der Waals surface area contributed by atoms with E-state index in [0.717, 1.165) is 5.75 Å². The summed E-state index contributed by atoms with van der Waals surface area (Å²) < 4.78 is 16.7. The second-order valence-electron chi connectivity index (χ2n) is 5.15. The van der Waals surface area contributed by atoms with E-state index in [1.54, 1.807) is 14.2 Å². The van der Waals surface area contributed by atoms with Crippen molar-refractivity contribution in [3.05, 3.63) is 18.2 Å². The molecule has 0 aromatic heterocycles. The molecule has 3 nitrogen and oxygen atoms in total. The third-order valence-electron chi connectivity index (χ3n) is 3.90. The van der Waals surface area contributed by atoms with Gasteiger partial charge in [0.25, 0.3) is 0 Å². The highest BCUT2D eigenvalue weighted by Gasteiger charge is 2.34. The van der Waals surface area contributed by atoms with Crippen molar-refractivity contribution in [3.8, 4) is 17.2 Å². The molecule has 0 spiro atoms. The normalized spacial score (nSPS) is 17.2. The molecule has 0 amide bonds. The average Bonchev–Trinajstić information content (AvgIpc) is 2.94. The average molecular weight is 282 g/mol. The Morgan fingerprint density at radius 3 is 2.16 bits per heavy atom. The molecule has 1 fully saturated rings. The van der Waals surface area contributed by atoms with E-state index in [1.807, 2.05) is 18.2 Å². The molecule has 0 aliphatic heterocycles. The number of rotatable bonds is 6. The van der Waals surface area contributed by atoms with Gasteiger partial charge in [-0.05, 0) is 30.7 Å². The molecule has 1 aliphatic rings. The molecule has 0 heterocycles. The van der Waals surface area contributed by atoms with Gasteiger partial charge in [0.05, 0.1) is 20.8 Å². The monoisotopic (exact) mass is 282 g/mol. The molecule has 0 radical (unpaired) electrons. The third-order valence-corrected chi connectivity index (χ3v) is 4.58. The molecular weight excluding hydrogens is 260 g/mol. The smallest absolute Gasteiger partial charge is 0.203 e. The summed E-state index contributed by atoms with van der Waals surface area (Å²) in [6.45, 7) is 0.674. The Kier molecular flexibility index (Phi) is 4.86. The van der Waals surface area contributed by atoms with Gasteiger partial charge in [-0.2, -0.15) is 12.6 Å². The van der Waals surface area contributed by atoms with Crippen molar-refractivity contribution in [2.24, 2.45) is 5.41 Å². The van der Waals surface area contributed by atoms with Crippen molar-refractivity contribution in [1.29, 1.82) is 0 Å². The van der Waals surface area contributed by atoms with Crippen LogP contribution in [0.3, 0.4) is 0 Å². The van der Waals surface area contributed by atoms with Gasteiger partial charge >= 0.3 is 0 Å². The van der Waals surface area contributed by atoms with Crippen molar-refractivity contribution in [3.63, 3.8) is 0 Å². The highest BCUT2D eigenvalue weighted by molar-refractivity contribution is 7.80. The van der Waals surface area contributed by atoms with Crippen LogP contribution in [0.15, 0.2) is 18.2 Å². The second kappa shape index (κ2) is 6.42. The quantitative estimate of drug-likeness (QED) is 0.808. The lowest BCUT2D eigenvalue weighted by molar-refractivity contribution is 0.163. The van der Waals surface area contributed by atoms with Gasteiger partial charge < -0.3 is 14.2 Å². The maximum atomic E-state index is 6.03. The summed E-state index contributed by atoms with van der Waals surface area (Å²) >= 11 is 4.50. The van der Waals surface area contributed by atoms with E-state index in [1.165, 1.54) is 25.7 Å². The van der Waals surface area contributed by atoms with Gasteiger partial charge in [-0.15, -0.1) is 0 Å². The van der Waals surface area contributed by atoms with Crippen molar-refractivity contribution in [1.82, 2.24) is 0 Å². The van der Waals surface area contributed by atoms with E-state index in [2.05, 4.69) is 12.6 Å². The lowest BCUT2D eigenvalue weighted by Crippen LogP contribution is -2.27. The van der Waals surface area contributed by atoms with Crippen molar-refractivity contribution in [2.45, 2.75) is 25.7 Å². The van der Waals surface area contributed by atoms with Gasteiger partial charge in [-0.3, -0.25) is 0 Å². The zero-order chi connectivity index (χ0) is 13.7. The molecule has 1 aromatic carbocycles. The van der Waals surface area contributed by atoms with Crippen molar-refractivity contribution in [2.75, 3.05) is 26.6 Å². The zero-order valence-electron chi connectivity index (χ0n) is 11.6. The Morgan fingerprint density at radius 2 is 1.68 bits per heavy atom. The topological polar surface area (TPSA) is 27.7 Å². The first-order valence-corrected chi connectivity index (χ1v) is 7.32. The molecule has 19 heavy (non-hydrogen) atoms. The minimum atomic E-state index is 0.203. The zero-order valence-corrected chi connectivity index (χ0v) is 12.5. The SMILES string of the molecule is COc1cccc(OC)c1OCC1(CS)CCCC1. The molecule has 2 rings (SSSR count). The molecule has 1 aromatic rings. The van der Waals surface area contributed by atoms with E-state index in [-0.39, 0.29) is 5.41 Å². The van der Waals surface area contributed by atoms with Crippen LogP contribution in [0.2, 0.25) is 0 Å². The fraction of sp³-hybridized carbons (Fsp3) is 0.600. The van der Waals surface area contributed by atoms with Gasteiger partial charge in [0, 0.05) is 5.41 Å². The van der Waals surface area contributed by atoms with E-state index in [0.29, 0.717) is 23.9 Å². The molecule has 0 bridgehead atoms. The van der Waals surface area contributed by atoms with Crippen LogP contribution >= 0.6 is 12.6 Å². The van der Waals surface area contributed by atoms with Crippen LogP contribution in [0.25, 0.3) is 0 Å². The van der Waals surface area contributed by atoms with Gasteiger partial charge in [0.1, 0.15) is 0 Å². The second-order valence-corrected chi connectivity index (χ2v) is 5.46. The van der Waals surface area contributed by atoms with Crippen LogP contribution < -0.4 is 14.2 Å². The van der Waals surface area contributed by atoms with E-state index >= 15 is 0 Å². The van der Waals surface area contributed by atoms with E-state index < -0.39 is 0 Å². The molecule has 1 aliphatic carbocycles. The number of ether oxygens (including phenoxy) is 3. The standard InChI is InChI=1S/C15H22O3S/c1-16-12-6-5-7-13(17-2)14(12)18-10-15(11-19)8-3-4-9-15/h5-7,19H,3-4,8-11H2,1-2H3. The van der Waals surface area contributed by atoms with Crippen LogP contribution in [-0.4, -0.2) is 26.6 Å². The predicted molar refractivity (Wildman–Crippen MR) is 79.8 cm³/mol. The van der Waals surface area contributed by atoms with Gasteiger partial charge in [-0.25, -0.2) is 0 Å². The number of thiol groups is 1. The molecule has 106 valence electrons. The summed E-state index contributed by atoms with van der Waals surface area (Å²) in [5.41, 5.74) is 0.203. The van der Waals surface area contributed by atoms with E-state index in [4.69, 9.17) is 14.2 Å². The third kappa shape index (κ3) is 3.11. The molecule has 1 saturated carbocycles.